The van der Waals surface area contributed by atoms with Gasteiger partial charge in [-0.15, -0.1) is 0 Å². The molecule has 0 unspecified atom stereocenters. The molecule has 0 aliphatic carbocycles. The fourth-order valence-electron chi connectivity index (χ4n) is 2.67. The quantitative estimate of drug-likeness (QED) is 0.812. The minimum atomic E-state index is 0.467. The van der Waals surface area contributed by atoms with Crippen LogP contribution in [-0.2, 0) is 22.7 Å². The Morgan fingerprint density at radius 2 is 1.14 bits per heavy atom. The third-order valence-corrected chi connectivity index (χ3v) is 3.90. The zero-order chi connectivity index (χ0) is 15.0. The summed E-state index contributed by atoms with van der Waals surface area (Å²) in [5, 5.41) is 3.50. The first-order chi connectivity index (χ1) is 10.9. The summed E-state index contributed by atoms with van der Waals surface area (Å²) in [7, 11) is 0. The molecular formula is C19H23NO2. The Kier molecular flexibility index (Phi) is 5.59. The monoisotopic (exact) mass is 297 g/mol. The van der Waals surface area contributed by atoms with Crippen molar-refractivity contribution in [1.29, 1.82) is 0 Å². The minimum absolute atomic E-state index is 0.467. The number of benzene rings is 2. The lowest BCUT2D eigenvalue weighted by molar-refractivity contribution is 0.0267. The van der Waals surface area contributed by atoms with Gasteiger partial charge in [0, 0.05) is 12.1 Å². The van der Waals surface area contributed by atoms with Gasteiger partial charge in [-0.3, -0.25) is 0 Å². The van der Waals surface area contributed by atoms with Crippen molar-refractivity contribution in [3.05, 3.63) is 71.8 Å². The maximum absolute atomic E-state index is 5.74. The number of rotatable bonds is 8. The summed E-state index contributed by atoms with van der Waals surface area (Å²) in [4.78, 5) is 0. The van der Waals surface area contributed by atoms with E-state index in [9.17, 15) is 0 Å². The summed E-state index contributed by atoms with van der Waals surface area (Å²) in [5.74, 6) is 0. The molecule has 2 aromatic carbocycles. The van der Waals surface area contributed by atoms with Gasteiger partial charge in [-0.2, -0.15) is 0 Å². The first-order valence-electron chi connectivity index (χ1n) is 7.89. The fraction of sp³-hybridized carbons (Fsp3) is 0.368. The molecule has 22 heavy (non-hydrogen) atoms. The summed E-state index contributed by atoms with van der Waals surface area (Å²) in [6, 6.07) is 21.5. The van der Waals surface area contributed by atoms with E-state index >= 15 is 0 Å². The SMILES string of the molecule is c1ccc(COC[C@H]2C[C@H](COCc3ccccc3)N2)cc1. The van der Waals surface area contributed by atoms with E-state index in [1.54, 1.807) is 0 Å². The lowest BCUT2D eigenvalue weighted by atomic mass is 9.98. The van der Waals surface area contributed by atoms with Crippen molar-refractivity contribution in [3.63, 3.8) is 0 Å². The van der Waals surface area contributed by atoms with Crippen LogP contribution in [0.25, 0.3) is 0 Å². The number of hydrogen-bond donors (Lipinski definition) is 1. The van der Waals surface area contributed by atoms with Crippen molar-refractivity contribution in [2.75, 3.05) is 13.2 Å². The van der Waals surface area contributed by atoms with Gasteiger partial charge < -0.3 is 14.8 Å². The highest BCUT2D eigenvalue weighted by molar-refractivity contribution is 5.14. The minimum Gasteiger partial charge on any atom is -0.375 e. The maximum atomic E-state index is 5.74. The maximum Gasteiger partial charge on any atom is 0.0717 e. The van der Waals surface area contributed by atoms with Gasteiger partial charge in [0.15, 0.2) is 0 Å². The van der Waals surface area contributed by atoms with Gasteiger partial charge in [0.25, 0.3) is 0 Å². The first kappa shape index (κ1) is 15.2. The summed E-state index contributed by atoms with van der Waals surface area (Å²) in [5.41, 5.74) is 2.45. The highest BCUT2D eigenvalue weighted by atomic mass is 16.5. The molecule has 116 valence electrons. The van der Waals surface area contributed by atoms with Crippen LogP contribution in [0.3, 0.4) is 0 Å². The summed E-state index contributed by atoms with van der Waals surface area (Å²) < 4.78 is 11.5. The molecule has 0 saturated carbocycles. The number of nitrogens with one attached hydrogen (secondary N) is 1. The zero-order valence-corrected chi connectivity index (χ0v) is 12.8. The molecule has 1 N–H and O–H groups in total. The van der Waals surface area contributed by atoms with Gasteiger partial charge in [-0.05, 0) is 17.5 Å². The topological polar surface area (TPSA) is 30.5 Å². The Bertz CT molecular complexity index is 488. The van der Waals surface area contributed by atoms with E-state index in [1.807, 2.05) is 36.4 Å². The predicted molar refractivity (Wildman–Crippen MR) is 87.5 cm³/mol. The van der Waals surface area contributed by atoms with E-state index in [-0.39, 0.29) is 0 Å². The van der Waals surface area contributed by atoms with Crippen LogP contribution in [0, 0.1) is 0 Å². The van der Waals surface area contributed by atoms with Crippen LogP contribution in [-0.4, -0.2) is 25.3 Å². The van der Waals surface area contributed by atoms with E-state index in [1.165, 1.54) is 11.1 Å². The first-order valence-corrected chi connectivity index (χ1v) is 7.89. The van der Waals surface area contributed by atoms with Crippen molar-refractivity contribution in [3.8, 4) is 0 Å². The van der Waals surface area contributed by atoms with Crippen LogP contribution in [0.2, 0.25) is 0 Å². The van der Waals surface area contributed by atoms with Crippen molar-refractivity contribution in [2.45, 2.75) is 31.7 Å². The third kappa shape index (κ3) is 4.67. The average molecular weight is 297 g/mol. The van der Waals surface area contributed by atoms with E-state index in [4.69, 9.17) is 9.47 Å². The second kappa shape index (κ2) is 8.08. The van der Waals surface area contributed by atoms with Gasteiger partial charge >= 0.3 is 0 Å². The summed E-state index contributed by atoms with van der Waals surface area (Å²) >= 11 is 0. The van der Waals surface area contributed by atoms with Gasteiger partial charge in [0.05, 0.1) is 26.4 Å². The van der Waals surface area contributed by atoms with Crippen molar-refractivity contribution in [2.24, 2.45) is 0 Å². The largest absolute Gasteiger partial charge is 0.375 e. The van der Waals surface area contributed by atoms with Gasteiger partial charge in [0.2, 0.25) is 0 Å². The van der Waals surface area contributed by atoms with Crippen molar-refractivity contribution >= 4 is 0 Å². The standard InChI is InChI=1S/C19H23NO2/c1-3-7-16(8-4-1)12-21-14-18-11-19(20-18)15-22-13-17-9-5-2-6-10-17/h1-10,18-20H,11-15H2/t18-,19-/m1/s1. The smallest absolute Gasteiger partial charge is 0.0717 e. The summed E-state index contributed by atoms with van der Waals surface area (Å²) in [6.07, 6.45) is 1.13. The van der Waals surface area contributed by atoms with Crippen LogP contribution >= 0.6 is 0 Å². The van der Waals surface area contributed by atoms with E-state index in [2.05, 4.69) is 29.6 Å². The Morgan fingerprint density at radius 1 is 0.727 bits per heavy atom. The van der Waals surface area contributed by atoms with Gasteiger partial charge in [-0.25, -0.2) is 0 Å². The van der Waals surface area contributed by atoms with Gasteiger partial charge in [0.1, 0.15) is 0 Å². The Labute approximate surface area is 132 Å². The number of hydrogen-bond acceptors (Lipinski definition) is 3. The molecule has 0 amide bonds. The molecule has 1 aliphatic heterocycles. The van der Waals surface area contributed by atoms with Gasteiger partial charge in [-0.1, -0.05) is 60.7 Å². The molecular weight excluding hydrogens is 274 g/mol. The fourth-order valence-corrected chi connectivity index (χ4v) is 2.67. The predicted octanol–water partition coefficient (Wildman–Crippen LogP) is 3.15. The number of ether oxygens (including phenoxy) is 2. The highest BCUT2D eigenvalue weighted by Gasteiger charge is 2.27. The molecule has 3 nitrogen and oxygen atoms in total. The van der Waals surface area contributed by atoms with Crippen molar-refractivity contribution < 1.29 is 9.47 Å². The molecule has 0 radical (unpaired) electrons. The zero-order valence-electron chi connectivity index (χ0n) is 12.8. The molecule has 3 heteroatoms. The van der Waals surface area contributed by atoms with E-state index < -0.39 is 0 Å². The third-order valence-electron chi connectivity index (χ3n) is 3.90. The highest BCUT2D eigenvalue weighted by Crippen LogP contribution is 2.14. The second-order valence-electron chi connectivity index (χ2n) is 5.80. The van der Waals surface area contributed by atoms with E-state index in [0.29, 0.717) is 25.3 Å². The van der Waals surface area contributed by atoms with Crippen LogP contribution in [0.15, 0.2) is 60.7 Å². The molecule has 1 heterocycles. The molecule has 1 saturated heterocycles. The average Bonchev–Trinajstić information content (AvgIpc) is 2.54. The van der Waals surface area contributed by atoms with Crippen LogP contribution in [0.1, 0.15) is 17.5 Å². The normalized spacial score (nSPS) is 20.5. The van der Waals surface area contributed by atoms with Crippen LogP contribution in [0.5, 0.6) is 0 Å². The molecule has 1 aliphatic rings. The van der Waals surface area contributed by atoms with Crippen LogP contribution in [0.4, 0.5) is 0 Å². The second-order valence-corrected chi connectivity index (χ2v) is 5.80. The molecule has 0 aromatic heterocycles. The van der Waals surface area contributed by atoms with Crippen molar-refractivity contribution in [1.82, 2.24) is 5.32 Å². The Morgan fingerprint density at radius 3 is 1.55 bits per heavy atom. The Balaban J connectivity index is 1.24. The lowest BCUT2D eigenvalue weighted by Crippen LogP contribution is -2.56. The molecule has 1 fully saturated rings. The van der Waals surface area contributed by atoms with E-state index in [0.717, 1.165) is 19.6 Å². The molecule has 2 atom stereocenters. The molecule has 3 rings (SSSR count). The molecule has 2 aromatic rings. The summed E-state index contributed by atoms with van der Waals surface area (Å²) in [6.45, 7) is 2.91. The molecule has 0 spiro atoms. The Hall–Kier alpha value is -1.68. The molecule has 0 bridgehead atoms. The van der Waals surface area contributed by atoms with Crippen LogP contribution < -0.4 is 5.32 Å². The lowest BCUT2D eigenvalue weighted by Gasteiger charge is -2.36.